The van der Waals surface area contributed by atoms with Crippen LogP contribution in [0.15, 0.2) is 84.9 Å². The van der Waals surface area contributed by atoms with Gasteiger partial charge in [-0.3, -0.25) is 14.5 Å². The maximum absolute atomic E-state index is 13.0. The SMILES string of the molecule is NCc1cccc(NC(=O)CN(C(=O)c2ccccc2)c2ccccc2)c1. The number of hydrogen-bond acceptors (Lipinski definition) is 3. The van der Waals surface area contributed by atoms with E-state index in [2.05, 4.69) is 5.32 Å². The van der Waals surface area contributed by atoms with Gasteiger partial charge in [-0.15, -0.1) is 0 Å². The van der Waals surface area contributed by atoms with E-state index in [4.69, 9.17) is 5.73 Å². The fourth-order valence-electron chi connectivity index (χ4n) is 2.75. The van der Waals surface area contributed by atoms with E-state index in [1.165, 1.54) is 4.90 Å². The maximum atomic E-state index is 13.0. The van der Waals surface area contributed by atoms with Crippen molar-refractivity contribution >= 4 is 23.2 Å². The van der Waals surface area contributed by atoms with Crippen LogP contribution in [0, 0.1) is 0 Å². The van der Waals surface area contributed by atoms with Crippen LogP contribution in [-0.2, 0) is 11.3 Å². The highest BCUT2D eigenvalue weighted by Gasteiger charge is 2.20. The Morgan fingerprint density at radius 3 is 2.19 bits per heavy atom. The molecule has 0 unspecified atom stereocenters. The van der Waals surface area contributed by atoms with Crippen LogP contribution in [0.2, 0.25) is 0 Å². The van der Waals surface area contributed by atoms with Crippen LogP contribution in [0.5, 0.6) is 0 Å². The number of carbonyl (C=O) groups is 2. The summed E-state index contributed by atoms with van der Waals surface area (Å²) in [4.78, 5) is 27.0. The van der Waals surface area contributed by atoms with E-state index in [1.807, 2.05) is 54.6 Å². The van der Waals surface area contributed by atoms with Crippen molar-refractivity contribution in [3.05, 3.63) is 96.1 Å². The number of nitrogens with zero attached hydrogens (tertiary/aromatic N) is 1. The molecule has 0 radical (unpaired) electrons. The molecule has 3 N–H and O–H groups in total. The number of amides is 2. The second kappa shape index (κ2) is 8.78. The highest BCUT2D eigenvalue weighted by molar-refractivity contribution is 6.10. The molecular formula is C22H21N3O2. The molecule has 0 spiro atoms. The first-order valence-corrected chi connectivity index (χ1v) is 8.68. The Hall–Kier alpha value is -3.44. The van der Waals surface area contributed by atoms with Crippen molar-refractivity contribution in [2.24, 2.45) is 5.73 Å². The summed E-state index contributed by atoms with van der Waals surface area (Å²) in [6, 6.07) is 25.4. The van der Waals surface area contributed by atoms with Gasteiger partial charge in [0.1, 0.15) is 6.54 Å². The van der Waals surface area contributed by atoms with Gasteiger partial charge in [-0.1, -0.05) is 48.5 Å². The first-order chi connectivity index (χ1) is 13.2. The molecule has 3 rings (SSSR count). The molecule has 0 aliphatic heterocycles. The number of nitrogens with two attached hydrogens (primary N) is 1. The quantitative estimate of drug-likeness (QED) is 0.708. The zero-order valence-electron chi connectivity index (χ0n) is 14.8. The van der Waals surface area contributed by atoms with Crippen molar-refractivity contribution in [3.63, 3.8) is 0 Å². The summed E-state index contributed by atoms with van der Waals surface area (Å²) in [5.74, 6) is -0.509. The van der Waals surface area contributed by atoms with Gasteiger partial charge >= 0.3 is 0 Å². The number of hydrogen-bond donors (Lipinski definition) is 2. The first-order valence-electron chi connectivity index (χ1n) is 8.68. The lowest BCUT2D eigenvalue weighted by atomic mass is 10.1. The Bertz CT molecular complexity index is 911. The molecule has 27 heavy (non-hydrogen) atoms. The molecule has 0 aliphatic rings. The molecule has 0 heterocycles. The third-order valence-electron chi connectivity index (χ3n) is 4.08. The van der Waals surface area contributed by atoms with Crippen molar-refractivity contribution in [2.75, 3.05) is 16.8 Å². The molecule has 3 aromatic carbocycles. The molecule has 0 aliphatic carbocycles. The highest BCUT2D eigenvalue weighted by Crippen LogP contribution is 2.17. The Morgan fingerprint density at radius 2 is 1.52 bits per heavy atom. The summed E-state index contributed by atoms with van der Waals surface area (Å²) < 4.78 is 0. The van der Waals surface area contributed by atoms with Crippen LogP contribution >= 0.6 is 0 Å². The molecular weight excluding hydrogens is 338 g/mol. The van der Waals surface area contributed by atoms with Crippen molar-refractivity contribution in [1.29, 1.82) is 0 Å². The largest absolute Gasteiger partial charge is 0.326 e. The standard InChI is InChI=1S/C22H21N3O2/c23-15-17-8-7-11-19(14-17)24-21(26)16-25(20-12-5-2-6-13-20)22(27)18-9-3-1-4-10-18/h1-14H,15-16,23H2,(H,24,26). The minimum absolute atomic E-state index is 0.0927. The number of carbonyl (C=O) groups excluding carboxylic acids is 2. The Morgan fingerprint density at radius 1 is 0.852 bits per heavy atom. The summed E-state index contributed by atoms with van der Waals surface area (Å²) in [6.07, 6.45) is 0. The summed E-state index contributed by atoms with van der Waals surface area (Å²) in [6.45, 7) is 0.303. The van der Waals surface area contributed by atoms with Crippen molar-refractivity contribution in [1.82, 2.24) is 0 Å². The predicted octanol–water partition coefficient (Wildman–Crippen LogP) is 3.43. The van der Waals surface area contributed by atoms with Crippen molar-refractivity contribution < 1.29 is 9.59 Å². The van der Waals surface area contributed by atoms with E-state index >= 15 is 0 Å². The molecule has 5 nitrogen and oxygen atoms in total. The van der Waals surface area contributed by atoms with Crippen LogP contribution in [0.4, 0.5) is 11.4 Å². The summed E-state index contributed by atoms with van der Waals surface area (Å²) in [5.41, 5.74) is 8.42. The zero-order valence-corrected chi connectivity index (χ0v) is 14.8. The van der Waals surface area contributed by atoms with Crippen LogP contribution in [0.1, 0.15) is 15.9 Å². The average Bonchev–Trinajstić information content (AvgIpc) is 2.73. The first kappa shape index (κ1) is 18.4. The predicted molar refractivity (Wildman–Crippen MR) is 108 cm³/mol. The minimum Gasteiger partial charge on any atom is -0.326 e. The van der Waals surface area contributed by atoms with E-state index in [-0.39, 0.29) is 18.4 Å². The lowest BCUT2D eigenvalue weighted by Gasteiger charge is -2.22. The van der Waals surface area contributed by atoms with Gasteiger partial charge in [0, 0.05) is 23.5 Å². The second-order valence-corrected chi connectivity index (χ2v) is 6.05. The molecule has 3 aromatic rings. The molecule has 2 amide bonds. The Kier molecular flexibility index (Phi) is 5.97. The summed E-state index contributed by atoms with van der Waals surface area (Å²) in [5, 5.41) is 2.83. The monoisotopic (exact) mass is 359 g/mol. The van der Waals surface area contributed by atoms with Gasteiger partial charge in [-0.25, -0.2) is 0 Å². The van der Waals surface area contributed by atoms with E-state index in [1.54, 1.807) is 30.3 Å². The van der Waals surface area contributed by atoms with E-state index < -0.39 is 0 Å². The van der Waals surface area contributed by atoms with Crippen LogP contribution < -0.4 is 16.0 Å². The summed E-state index contributed by atoms with van der Waals surface area (Å²) >= 11 is 0. The van der Waals surface area contributed by atoms with Gasteiger partial charge in [0.15, 0.2) is 0 Å². The molecule has 0 saturated carbocycles. The normalized spacial score (nSPS) is 10.3. The second-order valence-electron chi connectivity index (χ2n) is 6.05. The average molecular weight is 359 g/mol. The third-order valence-corrected chi connectivity index (χ3v) is 4.08. The van der Waals surface area contributed by atoms with E-state index in [9.17, 15) is 9.59 Å². The van der Waals surface area contributed by atoms with Crippen LogP contribution in [-0.4, -0.2) is 18.4 Å². The molecule has 0 atom stereocenters. The van der Waals surface area contributed by atoms with Crippen molar-refractivity contribution in [3.8, 4) is 0 Å². The van der Waals surface area contributed by atoms with Crippen molar-refractivity contribution in [2.45, 2.75) is 6.54 Å². The number of benzene rings is 3. The van der Waals surface area contributed by atoms with Gasteiger partial charge in [-0.2, -0.15) is 0 Å². The molecule has 0 bridgehead atoms. The number of anilines is 2. The molecule has 136 valence electrons. The Balaban J connectivity index is 1.81. The number of para-hydroxylation sites is 1. The smallest absolute Gasteiger partial charge is 0.258 e. The zero-order chi connectivity index (χ0) is 19.1. The van der Waals surface area contributed by atoms with Gasteiger partial charge in [-0.05, 0) is 42.0 Å². The van der Waals surface area contributed by atoms with E-state index in [0.717, 1.165) is 5.56 Å². The van der Waals surface area contributed by atoms with Crippen LogP contribution in [0.25, 0.3) is 0 Å². The fourth-order valence-corrected chi connectivity index (χ4v) is 2.75. The maximum Gasteiger partial charge on any atom is 0.258 e. The molecule has 0 saturated heterocycles. The van der Waals surface area contributed by atoms with Gasteiger partial charge in [0.05, 0.1) is 0 Å². The fraction of sp³-hybridized carbons (Fsp3) is 0.0909. The lowest BCUT2D eigenvalue weighted by molar-refractivity contribution is -0.114. The van der Waals surface area contributed by atoms with Gasteiger partial charge < -0.3 is 11.1 Å². The minimum atomic E-state index is -0.280. The van der Waals surface area contributed by atoms with Gasteiger partial charge in [0.25, 0.3) is 5.91 Å². The lowest BCUT2D eigenvalue weighted by Crippen LogP contribution is -2.38. The number of nitrogens with one attached hydrogen (secondary N) is 1. The summed E-state index contributed by atoms with van der Waals surface area (Å²) in [7, 11) is 0. The van der Waals surface area contributed by atoms with Crippen LogP contribution in [0.3, 0.4) is 0 Å². The molecule has 5 heteroatoms. The molecule has 0 aromatic heterocycles. The topological polar surface area (TPSA) is 75.4 Å². The highest BCUT2D eigenvalue weighted by atomic mass is 16.2. The Labute approximate surface area is 158 Å². The third kappa shape index (κ3) is 4.80. The number of rotatable bonds is 6. The van der Waals surface area contributed by atoms with E-state index in [0.29, 0.717) is 23.5 Å². The molecule has 0 fully saturated rings. The van der Waals surface area contributed by atoms with Gasteiger partial charge in [0.2, 0.25) is 5.91 Å².